The van der Waals surface area contributed by atoms with Crippen LogP contribution in [0.2, 0.25) is 0 Å². The fourth-order valence-electron chi connectivity index (χ4n) is 2.15. The highest BCUT2D eigenvalue weighted by Crippen LogP contribution is 2.13. The summed E-state index contributed by atoms with van der Waals surface area (Å²) in [5, 5.41) is 11.9. The van der Waals surface area contributed by atoms with Crippen LogP contribution in [0.5, 0.6) is 0 Å². The predicted octanol–water partition coefficient (Wildman–Crippen LogP) is 3.11. The molecule has 28 heavy (non-hydrogen) atoms. The lowest BCUT2D eigenvalue weighted by atomic mass is 10.1. The van der Waals surface area contributed by atoms with Crippen molar-refractivity contribution in [1.82, 2.24) is 4.98 Å². The van der Waals surface area contributed by atoms with Gasteiger partial charge in [-0.2, -0.15) is 0 Å². The van der Waals surface area contributed by atoms with Gasteiger partial charge in [-0.15, -0.1) is 0 Å². The van der Waals surface area contributed by atoms with E-state index in [-0.39, 0.29) is 12.3 Å². The number of benzene rings is 1. The number of aliphatic hydroxyl groups excluding tert-OH is 1. The SMILES string of the molecule is COC(=O)c1cc(C#Cc2ccc(NC(=O)OC(C)(C)C)cc2)cc(CO)n1. The van der Waals surface area contributed by atoms with Crippen molar-refractivity contribution < 1.29 is 24.2 Å². The number of ether oxygens (including phenoxy) is 2. The van der Waals surface area contributed by atoms with Crippen LogP contribution >= 0.6 is 0 Å². The first-order chi connectivity index (χ1) is 13.2. The van der Waals surface area contributed by atoms with E-state index < -0.39 is 17.7 Å². The maximum Gasteiger partial charge on any atom is 0.412 e. The Balaban J connectivity index is 2.14. The Morgan fingerprint density at radius 2 is 1.75 bits per heavy atom. The van der Waals surface area contributed by atoms with Crippen molar-refractivity contribution in [1.29, 1.82) is 0 Å². The zero-order valence-corrected chi connectivity index (χ0v) is 16.2. The molecule has 0 saturated carbocycles. The van der Waals surface area contributed by atoms with Gasteiger partial charge in [-0.1, -0.05) is 11.8 Å². The molecule has 2 rings (SSSR count). The lowest BCUT2D eigenvalue weighted by Crippen LogP contribution is -2.27. The molecule has 0 aliphatic rings. The molecular weight excluding hydrogens is 360 g/mol. The molecule has 1 amide bonds. The number of carbonyl (C=O) groups excluding carboxylic acids is 2. The van der Waals surface area contributed by atoms with Crippen molar-refractivity contribution in [3.63, 3.8) is 0 Å². The van der Waals surface area contributed by atoms with Crippen LogP contribution in [0.4, 0.5) is 10.5 Å². The molecule has 7 nitrogen and oxygen atoms in total. The topological polar surface area (TPSA) is 97.8 Å². The number of carbonyl (C=O) groups is 2. The van der Waals surface area contributed by atoms with Crippen molar-refractivity contribution in [2.24, 2.45) is 0 Å². The first-order valence-electron chi connectivity index (χ1n) is 8.52. The fraction of sp³-hybridized carbons (Fsp3) is 0.286. The van der Waals surface area contributed by atoms with Gasteiger partial charge >= 0.3 is 12.1 Å². The van der Waals surface area contributed by atoms with E-state index in [9.17, 15) is 14.7 Å². The molecular formula is C21H22N2O5. The van der Waals surface area contributed by atoms with Gasteiger partial charge in [-0.05, 0) is 57.2 Å². The summed E-state index contributed by atoms with van der Waals surface area (Å²) in [5.41, 5.74) is 1.64. The average molecular weight is 382 g/mol. The minimum Gasteiger partial charge on any atom is -0.464 e. The third kappa shape index (κ3) is 6.41. The number of aliphatic hydroxyl groups is 1. The highest BCUT2D eigenvalue weighted by atomic mass is 16.6. The fourth-order valence-corrected chi connectivity index (χ4v) is 2.15. The van der Waals surface area contributed by atoms with Crippen LogP contribution in [0.1, 0.15) is 48.1 Å². The summed E-state index contributed by atoms with van der Waals surface area (Å²) < 4.78 is 9.85. The third-order valence-electron chi connectivity index (χ3n) is 3.32. The Bertz CT molecular complexity index is 919. The number of nitrogens with zero attached hydrogens (tertiary/aromatic N) is 1. The molecule has 1 aromatic heterocycles. The van der Waals surface area contributed by atoms with Gasteiger partial charge in [0, 0.05) is 16.8 Å². The van der Waals surface area contributed by atoms with E-state index in [1.165, 1.54) is 13.2 Å². The summed E-state index contributed by atoms with van der Waals surface area (Å²) in [6.07, 6.45) is -0.532. The Hall–Kier alpha value is -3.37. The normalized spacial score (nSPS) is 10.5. The molecule has 0 aliphatic heterocycles. The van der Waals surface area contributed by atoms with Gasteiger partial charge in [0.1, 0.15) is 11.3 Å². The highest BCUT2D eigenvalue weighted by Gasteiger charge is 2.16. The third-order valence-corrected chi connectivity index (χ3v) is 3.32. The number of pyridine rings is 1. The molecule has 0 bridgehead atoms. The number of amides is 1. The van der Waals surface area contributed by atoms with Gasteiger partial charge in [0.25, 0.3) is 0 Å². The van der Waals surface area contributed by atoms with Crippen molar-refractivity contribution in [2.75, 3.05) is 12.4 Å². The maximum atomic E-state index is 11.8. The van der Waals surface area contributed by atoms with Gasteiger partial charge < -0.3 is 14.6 Å². The standard InChI is InChI=1S/C21H22N2O5/c1-21(2,3)28-20(26)23-16-9-7-14(8-10-16)5-6-15-11-17(13-24)22-18(12-15)19(25)27-4/h7-12,24H,13H2,1-4H3,(H,23,26). The van der Waals surface area contributed by atoms with Crippen LogP contribution < -0.4 is 5.32 Å². The number of anilines is 1. The van der Waals surface area contributed by atoms with Crippen molar-refractivity contribution in [3.05, 3.63) is 58.9 Å². The molecule has 2 N–H and O–H groups in total. The molecule has 0 fully saturated rings. The van der Waals surface area contributed by atoms with Crippen molar-refractivity contribution >= 4 is 17.7 Å². The van der Waals surface area contributed by atoms with Crippen molar-refractivity contribution in [2.45, 2.75) is 33.0 Å². The minimum absolute atomic E-state index is 0.0789. The van der Waals surface area contributed by atoms with Crippen molar-refractivity contribution in [3.8, 4) is 11.8 Å². The smallest absolute Gasteiger partial charge is 0.412 e. The lowest BCUT2D eigenvalue weighted by Gasteiger charge is -2.19. The molecule has 0 radical (unpaired) electrons. The van der Waals surface area contributed by atoms with Gasteiger partial charge in [-0.3, -0.25) is 5.32 Å². The number of methoxy groups -OCH3 is 1. The van der Waals surface area contributed by atoms with Crippen LogP contribution in [0.15, 0.2) is 36.4 Å². The zero-order valence-electron chi connectivity index (χ0n) is 16.2. The Morgan fingerprint density at radius 3 is 2.32 bits per heavy atom. The molecule has 7 heteroatoms. The van der Waals surface area contributed by atoms with Crippen LogP contribution in [-0.4, -0.2) is 34.9 Å². The Morgan fingerprint density at radius 1 is 1.11 bits per heavy atom. The molecule has 2 aromatic rings. The summed E-state index contributed by atoms with van der Waals surface area (Å²) in [6.45, 7) is 5.05. The lowest BCUT2D eigenvalue weighted by molar-refractivity contribution is 0.0591. The number of aromatic nitrogens is 1. The summed E-state index contributed by atoms with van der Waals surface area (Å²) in [7, 11) is 1.26. The van der Waals surface area contributed by atoms with Crippen LogP contribution in [0, 0.1) is 11.8 Å². The van der Waals surface area contributed by atoms with Gasteiger partial charge in [-0.25, -0.2) is 14.6 Å². The Kier molecular flexibility index (Phi) is 6.74. The van der Waals surface area contributed by atoms with Gasteiger partial charge in [0.05, 0.1) is 19.4 Å². The second kappa shape index (κ2) is 9.02. The summed E-state index contributed by atoms with van der Waals surface area (Å²) >= 11 is 0. The van der Waals surface area contributed by atoms with Crippen LogP contribution in [0.25, 0.3) is 0 Å². The summed E-state index contributed by atoms with van der Waals surface area (Å²) in [6, 6.07) is 10.00. The number of hydrogen-bond donors (Lipinski definition) is 2. The number of esters is 1. The monoisotopic (exact) mass is 382 g/mol. The van der Waals surface area contributed by atoms with Crippen LogP contribution in [-0.2, 0) is 16.1 Å². The Labute approximate surface area is 163 Å². The van der Waals surface area contributed by atoms with E-state index in [2.05, 4.69) is 26.9 Å². The van der Waals surface area contributed by atoms with E-state index in [4.69, 9.17) is 4.74 Å². The van der Waals surface area contributed by atoms with E-state index in [1.807, 2.05) is 0 Å². The minimum atomic E-state index is -0.601. The molecule has 0 atom stereocenters. The van der Waals surface area contributed by atoms with E-state index in [1.54, 1.807) is 51.1 Å². The van der Waals surface area contributed by atoms with Crippen LogP contribution in [0.3, 0.4) is 0 Å². The number of nitrogens with one attached hydrogen (secondary N) is 1. The second-order valence-electron chi connectivity index (χ2n) is 6.84. The molecule has 0 saturated heterocycles. The number of hydrogen-bond acceptors (Lipinski definition) is 6. The molecule has 146 valence electrons. The quantitative estimate of drug-likeness (QED) is 0.625. The predicted molar refractivity (Wildman–Crippen MR) is 104 cm³/mol. The summed E-state index contributed by atoms with van der Waals surface area (Å²) in [5.74, 6) is 5.28. The second-order valence-corrected chi connectivity index (χ2v) is 6.84. The zero-order chi connectivity index (χ0) is 20.7. The molecule has 1 heterocycles. The van der Waals surface area contributed by atoms with Gasteiger partial charge in [0.2, 0.25) is 0 Å². The maximum absolute atomic E-state index is 11.8. The highest BCUT2D eigenvalue weighted by molar-refractivity contribution is 5.87. The molecule has 0 unspecified atom stereocenters. The summed E-state index contributed by atoms with van der Waals surface area (Å²) in [4.78, 5) is 27.4. The average Bonchev–Trinajstić information content (AvgIpc) is 2.65. The number of rotatable bonds is 3. The van der Waals surface area contributed by atoms with Gasteiger partial charge in [0.15, 0.2) is 0 Å². The van der Waals surface area contributed by atoms with E-state index in [0.717, 1.165) is 0 Å². The van der Waals surface area contributed by atoms with E-state index >= 15 is 0 Å². The largest absolute Gasteiger partial charge is 0.464 e. The molecule has 0 aliphatic carbocycles. The molecule has 1 aromatic carbocycles. The van der Waals surface area contributed by atoms with E-state index in [0.29, 0.717) is 22.5 Å². The first-order valence-corrected chi connectivity index (χ1v) is 8.52. The first kappa shape index (κ1) is 20.9. The molecule has 0 spiro atoms.